The first kappa shape index (κ1) is 23.5. The molecule has 1 aliphatic carbocycles. The van der Waals surface area contributed by atoms with Crippen molar-refractivity contribution in [2.75, 3.05) is 17.2 Å². The summed E-state index contributed by atoms with van der Waals surface area (Å²) in [6.45, 7) is 7.04. The van der Waals surface area contributed by atoms with Crippen LogP contribution in [0.15, 0.2) is 24.4 Å². The molecule has 0 spiro atoms. The summed E-state index contributed by atoms with van der Waals surface area (Å²) in [5.41, 5.74) is 2.70. The maximum atomic E-state index is 13.7. The number of fused-ring (bicyclic) bond motifs is 1. The molecule has 3 aromatic heterocycles. The molecule has 0 aromatic carbocycles. The second-order valence-corrected chi connectivity index (χ2v) is 11.6. The Hall–Kier alpha value is -2.26. The van der Waals surface area contributed by atoms with E-state index in [1.165, 1.54) is 0 Å². The number of ether oxygens (including phenoxy) is 1. The van der Waals surface area contributed by atoms with Crippen LogP contribution in [0.4, 0.5) is 20.3 Å². The topological polar surface area (TPSA) is 64.0 Å². The zero-order valence-corrected chi connectivity index (χ0v) is 20.9. The zero-order chi connectivity index (χ0) is 23.9. The number of aromatic nitrogens is 3. The highest BCUT2D eigenvalue weighted by atomic mass is 32.1. The van der Waals surface area contributed by atoms with Gasteiger partial charge in [-0.05, 0) is 65.0 Å². The van der Waals surface area contributed by atoms with E-state index < -0.39 is 5.92 Å². The van der Waals surface area contributed by atoms with Crippen LogP contribution in [0.2, 0.25) is 0 Å². The Bertz CT molecular complexity index is 1140. The predicted molar refractivity (Wildman–Crippen MR) is 134 cm³/mol. The quantitative estimate of drug-likeness (QED) is 0.402. The minimum absolute atomic E-state index is 0.0272. The second-order valence-electron chi connectivity index (χ2n) is 10.5. The van der Waals surface area contributed by atoms with Crippen molar-refractivity contribution in [2.24, 2.45) is 0 Å². The minimum atomic E-state index is -2.54. The van der Waals surface area contributed by atoms with Crippen molar-refractivity contribution in [1.29, 1.82) is 0 Å². The lowest BCUT2D eigenvalue weighted by atomic mass is 9.92. The highest BCUT2D eigenvalue weighted by Crippen LogP contribution is 2.41. The fraction of sp³-hybridized carbons (Fsp3) is 0.600. The molecule has 0 amide bonds. The van der Waals surface area contributed by atoms with Crippen molar-refractivity contribution in [3.05, 3.63) is 24.4 Å². The average Bonchev–Trinajstić information content (AvgIpc) is 3.42. The summed E-state index contributed by atoms with van der Waals surface area (Å²) in [5.74, 6) is -1.77. The molecule has 5 rings (SSSR count). The van der Waals surface area contributed by atoms with Crippen LogP contribution >= 0.6 is 11.3 Å². The van der Waals surface area contributed by atoms with Gasteiger partial charge in [-0.25, -0.2) is 18.4 Å². The molecule has 184 valence electrons. The average molecular weight is 490 g/mol. The van der Waals surface area contributed by atoms with E-state index in [0.717, 1.165) is 58.2 Å². The number of thiophene rings is 1. The summed E-state index contributed by atoms with van der Waals surface area (Å²) in [6.07, 6.45) is 5.74. The van der Waals surface area contributed by atoms with Gasteiger partial charge >= 0.3 is 0 Å². The molecule has 0 bridgehead atoms. The Morgan fingerprint density at radius 3 is 2.65 bits per heavy atom. The molecule has 1 saturated heterocycles. The number of hydrogen-bond donors (Lipinski definition) is 2. The van der Waals surface area contributed by atoms with Crippen LogP contribution in [-0.2, 0) is 4.74 Å². The summed E-state index contributed by atoms with van der Waals surface area (Å²) in [7, 11) is 0. The number of nitrogens with zero attached hydrogens (tertiary/aromatic N) is 3. The molecule has 2 fully saturated rings. The van der Waals surface area contributed by atoms with Gasteiger partial charge in [0, 0.05) is 43.3 Å². The van der Waals surface area contributed by atoms with Crippen LogP contribution < -0.4 is 10.6 Å². The van der Waals surface area contributed by atoms with Gasteiger partial charge in [-0.2, -0.15) is 5.10 Å². The lowest BCUT2D eigenvalue weighted by Gasteiger charge is -2.30. The van der Waals surface area contributed by atoms with Crippen molar-refractivity contribution in [3.63, 3.8) is 0 Å². The van der Waals surface area contributed by atoms with E-state index in [1.807, 2.05) is 23.0 Å². The van der Waals surface area contributed by atoms with E-state index in [1.54, 1.807) is 11.3 Å². The highest BCUT2D eigenvalue weighted by Gasteiger charge is 2.35. The molecule has 6 nitrogen and oxygen atoms in total. The molecule has 2 aliphatic rings. The molecule has 1 saturated carbocycles. The normalized spacial score (nSPS) is 21.6. The summed E-state index contributed by atoms with van der Waals surface area (Å²) in [4.78, 5) is 5.96. The summed E-state index contributed by atoms with van der Waals surface area (Å²) in [6, 6.07) is 6.17. The van der Waals surface area contributed by atoms with Gasteiger partial charge in [0.05, 0.1) is 26.5 Å². The van der Waals surface area contributed by atoms with Crippen molar-refractivity contribution < 1.29 is 13.5 Å². The molecule has 1 atom stereocenters. The fourth-order valence-corrected chi connectivity index (χ4v) is 5.86. The first-order valence-electron chi connectivity index (χ1n) is 12.2. The van der Waals surface area contributed by atoms with E-state index >= 15 is 0 Å². The van der Waals surface area contributed by atoms with Crippen LogP contribution in [0.1, 0.15) is 71.9 Å². The number of halogens is 2. The fourth-order valence-electron chi connectivity index (χ4n) is 4.76. The third-order valence-corrected chi connectivity index (χ3v) is 7.59. The largest absolute Gasteiger partial charge is 0.381 e. The molecule has 2 N–H and O–H groups in total. The van der Waals surface area contributed by atoms with Gasteiger partial charge in [0.25, 0.3) is 0 Å². The Morgan fingerprint density at radius 2 is 1.94 bits per heavy atom. The summed E-state index contributed by atoms with van der Waals surface area (Å²) >= 11 is 1.66. The van der Waals surface area contributed by atoms with Gasteiger partial charge in [0.2, 0.25) is 5.92 Å². The summed E-state index contributed by atoms with van der Waals surface area (Å²) in [5, 5.41) is 11.6. The van der Waals surface area contributed by atoms with Gasteiger partial charge in [0.1, 0.15) is 5.82 Å². The first-order chi connectivity index (χ1) is 16.2. The number of rotatable bonds is 5. The van der Waals surface area contributed by atoms with Crippen molar-refractivity contribution in [3.8, 4) is 10.6 Å². The molecule has 34 heavy (non-hydrogen) atoms. The molecular formula is C25H33F2N5OS. The monoisotopic (exact) mass is 489 g/mol. The Balaban J connectivity index is 1.50. The van der Waals surface area contributed by atoms with E-state index in [0.29, 0.717) is 12.8 Å². The molecular weight excluding hydrogens is 456 g/mol. The SMILES string of the molecule is CC(C)(C)Nc1cc(NC2CCC(F)(F)CC2)c2sc(-c3ccnn3C3CCCCO3)cc2n1. The first-order valence-corrected chi connectivity index (χ1v) is 13.0. The lowest BCUT2D eigenvalue weighted by Crippen LogP contribution is -2.32. The van der Waals surface area contributed by atoms with E-state index in [9.17, 15) is 8.78 Å². The Morgan fingerprint density at radius 1 is 1.15 bits per heavy atom. The van der Waals surface area contributed by atoms with Crippen LogP contribution in [0.3, 0.4) is 0 Å². The number of alkyl halides is 2. The van der Waals surface area contributed by atoms with Crippen LogP contribution in [-0.4, -0.2) is 38.9 Å². The van der Waals surface area contributed by atoms with Gasteiger partial charge in [-0.3, -0.25) is 0 Å². The molecule has 1 unspecified atom stereocenters. The second kappa shape index (κ2) is 9.07. The van der Waals surface area contributed by atoms with E-state index in [2.05, 4.69) is 42.6 Å². The lowest BCUT2D eigenvalue weighted by molar-refractivity contribution is -0.0383. The minimum Gasteiger partial charge on any atom is -0.381 e. The van der Waals surface area contributed by atoms with Crippen LogP contribution in [0.25, 0.3) is 20.8 Å². The van der Waals surface area contributed by atoms with Gasteiger partial charge in [0.15, 0.2) is 6.23 Å². The molecule has 0 radical (unpaired) electrons. The Labute approximate surface area is 203 Å². The highest BCUT2D eigenvalue weighted by molar-refractivity contribution is 7.22. The maximum absolute atomic E-state index is 13.7. The van der Waals surface area contributed by atoms with Crippen molar-refractivity contribution in [2.45, 2.75) is 89.4 Å². The number of pyridine rings is 1. The molecule has 4 heterocycles. The molecule has 9 heteroatoms. The predicted octanol–water partition coefficient (Wildman–Crippen LogP) is 7.06. The number of anilines is 2. The standard InChI is InChI=1S/C25H33F2N5OS/c1-24(2,3)31-21-15-18(29-16-7-10-25(26,27)11-8-16)23-17(30-21)14-20(34-23)19-9-12-28-32(19)22-6-4-5-13-33-22/h9,12,14-16,22H,4-8,10-11,13H2,1-3H3,(H2,29,30,31). The van der Waals surface area contributed by atoms with Crippen molar-refractivity contribution in [1.82, 2.24) is 14.8 Å². The Kier molecular flexibility index (Phi) is 6.27. The number of hydrogen-bond acceptors (Lipinski definition) is 6. The summed E-state index contributed by atoms with van der Waals surface area (Å²) < 4.78 is 36.4. The maximum Gasteiger partial charge on any atom is 0.248 e. The zero-order valence-electron chi connectivity index (χ0n) is 20.0. The van der Waals surface area contributed by atoms with E-state index in [4.69, 9.17) is 9.72 Å². The van der Waals surface area contributed by atoms with Crippen LogP contribution in [0, 0.1) is 0 Å². The smallest absolute Gasteiger partial charge is 0.248 e. The third kappa shape index (κ3) is 5.20. The number of nitrogens with one attached hydrogen (secondary N) is 2. The van der Waals surface area contributed by atoms with E-state index in [-0.39, 0.29) is 30.7 Å². The third-order valence-electron chi connectivity index (χ3n) is 6.41. The molecule has 3 aromatic rings. The van der Waals surface area contributed by atoms with Crippen LogP contribution in [0.5, 0.6) is 0 Å². The van der Waals surface area contributed by atoms with Gasteiger partial charge in [-0.15, -0.1) is 11.3 Å². The van der Waals surface area contributed by atoms with Gasteiger partial charge in [-0.1, -0.05) is 0 Å². The van der Waals surface area contributed by atoms with Gasteiger partial charge < -0.3 is 15.4 Å². The van der Waals surface area contributed by atoms with Crippen molar-refractivity contribution >= 4 is 33.1 Å². The molecule has 1 aliphatic heterocycles.